The van der Waals surface area contributed by atoms with Gasteiger partial charge in [0.05, 0.1) is 28.5 Å². The summed E-state index contributed by atoms with van der Waals surface area (Å²) in [6.07, 6.45) is 4.95. The van der Waals surface area contributed by atoms with Crippen LogP contribution in [0.2, 0.25) is 0 Å². The normalized spacial score (nSPS) is 10.2. The molecule has 5 rings (SSSR count). The second kappa shape index (κ2) is 12.8. The van der Waals surface area contributed by atoms with Crippen LogP contribution in [0.4, 0.5) is 5.69 Å². The maximum Gasteiger partial charge on any atom is 2.00 e. The van der Waals surface area contributed by atoms with E-state index in [0.717, 1.165) is 22.8 Å². The molecule has 0 saturated carbocycles. The molecule has 0 amide bonds. The minimum absolute atomic E-state index is 0. The molecule has 1 radical (unpaired) electrons. The van der Waals surface area contributed by atoms with E-state index in [0.29, 0.717) is 11.3 Å². The van der Waals surface area contributed by atoms with Gasteiger partial charge in [-0.15, -0.1) is 5.75 Å². The van der Waals surface area contributed by atoms with E-state index < -0.39 is 0 Å². The van der Waals surface area contributed by atoms with Crippen molar-refractivity contribution in [2.24, 2.45) is 4.99 Å². The number of pyridine rings is 3. The predicted molar refractivity (Wildman–Crippen MR) is 130 cm³/mol. The number of hydrogen-bond acceptors (Lipinski definition) is 6. The Morgan fingerprint density at radius 1 is 0.543 bits per heavy atom. The quantitative estimate of drug-likeness (QED) is 0.257. The van der Waals surface area contributed by atoms with Crippen molar-refractivity contribution in [2.45, 2.75) is 0 Å². The van der Waals surface area contributed by atoms with Gasteiger partial charge < -0.3 is 10.2 Å². The third kappa shape index (κ3) is 7.08. The Hall–Kier alpha value is -4.32. The molecule has 0 aliphatic heterocycles. The monoisotopic (exact) mass is 507 g/mol. The average molecular weight is 508 g/mol. The second-order valence-corrected chi connectivity index (χ2v) is 7.10. The van der Waals surface area contributed by atoms with Gasteiger partial charge in [-0.2, -0.15) is 0 Å². The molecule has 35 heavy (non-hydrogen) atoms. The number of benzene rings is 2. The molecule has 0 N–H and O–H groups in total. The number of rotatable bonds is 4. The van der Waals surface area contributed by atoms with Crippen molar-refractivity contribution in [3.63, 3.8) is 0 Å². The molecule has 0 spiro atoms. The molecule has 0 bridgehead atoms. The van der Waals surface area contributed by atoms with Crippen LogP contribution in [-0.2, 0) is 17.1 Å². The second-order valence-electron chi connectivity index (χ2n) is 7.10. The van der Waals surface area contributed by atoms with Crippen molar-refractivity contribution >= 4 is 11.9 Å². The summed E-state index contributed by atoms with van der Waals surface area (Å²) in [6.45, 7) is 0. The first kappa shape index (κ1) is 25.3. The minimum Gasteiger partial charge on any atom is -0.872 e. The van der Waals surface area contributed by atoms with Crippen LogP contribution in [-0.4, -0.2) is 21.2 Å². The van der Waals surface area contributed by atoms with Gasteiger partial charge in [0.15, 0.2) is 0 Å². The Bertz CT molecular complexity index is 1280. The molecule has 7 heteroatoms. The molecule has 0 fully saturated rings. The third-order valence-corrected chi connectivity index (χ3v) is 4.73. The Balaban J connectivity index is 0.000000192. The third-order valence-electron chi connectivity index (χ3n) is 4.73. The van der Waals surface area contributed by atoms with Gasteiger partial charge in [0.1, 0.15) is 0 Å². The van der Waals surface area contributed by atoms with Crippen LogP contribution in [0, 0.1) is 0 Å². The van der Waals surface area contributed by atoms with E-state index in [9.17, 15) is 10.2 Å². The van der Waals surface area contributed by atoms with Crippen molar-refractivity contribution in [3.8, 4) is 34.3 Å². The van der Waals surface area contributed by atoms with Gasteiger partial charge in [-0.3, -0.25) is 15.0 Å². The molecule has 175 valence electrons. The first-order chi connectivity index (χ1) is 16.7. The zero-order valence-corrected chi connectivity index (χ0v) is 19.4. The van der Waals surface area contributed by atoms with E-state index in [2.05, 4.69) is 19.9 Å². The molecule has 0 aliphatic carbocycles. The van der Waals surface area contributed by atoms with Crippen molar-refractivity contribution in [3.05, 3.63) is 121 Å². The van der Waals surface area contributed by atoms with E-state index >= 15 is 0 Å². The van der Waals surface area contributed by atoms with Gasteiger partial charge in [-0.1, -0.05) is 66.4 Å². The van der Waals surface area contributed by atoms with Gasteiger partial charge in [0, 0.05) is 18.6 Å². The van der Waals surface area contributed by atoms with Crippen LogP contribution < -0.4 is 10.2 Å². The van der Waals surface area contributed by atoms with E-state index in [4.69, 9.17) is 0 Å². The fourth-order valence-electron chi connectivity index (χ4n) is 3.04. The maximum atomic E-state index is 11.4. The first-order valence-corrected chi connectivity index (χ1v) is 10.6. The summed E-state index contributed by atoms with van der Waals surface area (Å²) in [5, 5.41) is 22.7. The van der Waals surface area contributed by atoms with Gasteiger partial charge in [-0.05, 0) is 48.0 Å². The van der Waals surface area contributed by atoms with E-state index in [1.54, 1.807) is 48.8 Å². The topological polar surface area (TPSA) is 97.2 Å². The molecule has 6 nitrogen and oxygen atoms in total. The molecule has 0 aliphatic rings. The van der Waals surface area contributed by atoms with Gasteiger partial charge in [0.25, 0.3) is 0 Å². The van der Waals surface area contributed by atoms with E-state index in [1.807, 2.05) is 54.6 Å². The standard InChI is InChI=1S/C15H11N3.C13H11NO2.Cu/c1-3-10-16-12(6-1)14-8-5-9-15(18-14)13-7-2-4-11-17-13;15-12-7-3-1-5-10(12)9-14-11-6-2-4-8-13(11)16;/h1-11H;1-9,15-16H;/q;;+2/p-2. The summed E-state index contributed by atoms with van der Waals surface area (Å²) in [7, 11) is 0. The first-order valence-electron chi connectivity index (χ1n) is 10.6. The van der Waals surface area contributed by atoms with E-state index in [-0.39, 0.29) is 28.6 Å². The van der Waals surface area contributed by atoms with Gasteiger partial charge >= 0.3 is 17.1 Å². The Morgan fingerprint density at radius 3 is 1.60 bits per heavy atom. The molecule has 5 aromatic rings. The van der Waals surface area contributed by atoms with E-state index in [1.165, 1.54) is 18.3 Å². The maximum absolute atomic E-state index is 11.4. The van der Waals surface area contributed by atoms with Crippen molar-refractivity contribution in [2.75, 3.05) is 0 Å². The predicted octanol–water partition coefficient (Wildman–Crippen LogP) is 4.79. The summed E-state index contributed by atoms with van der Waals surface area (Å²) in [6, 6.07) is 30.5. The van der Waals surface area contributed by atoms with Gasteiger partial charge in [0.2, 0.25) is 0 Å². The van der Waals surface area contributed by atoms with Crippen LogP contribution in [0.25, 0.3) is 22.8 Å². The Labute approximate surface area is 214 Å². The van der Waals surface area contributed by atoms with Crippen molar-refractivity contribution in [1.82, 2.24) is 15.0 Å². The number of hydrogen-bond donors (Lipinski definition) is 0. The van der Waals surface area contributed by atoms with Crippen LogP contribution in [0.15, 0.2) is 121 Å². The number of aromatic nitrogens is 3. The SMILES string of the molecule is [Cu+2].[O-]c1ccccc1C=Nc1ccccc1[O-].c1ccc(-c2cccc(-c3ccccn3)n2)nc1. The van der Waals surface area contributed by atoms with Crippen molar-refractivity contribution < 1.29 is 27.3 Å². The summed E-state index contributed by atoms with van der Waals surface area (Å²) in [4.78, 5) is 17.2. The van der Waals surface area contributed by atoms with Crippen LogP contribution in [0.3, 0.4) is 0 Å². The summed E-state index contributed by atoms with van der Waals surface area (Å²) in [5.74, 6) is -0.253. The molecule has 3 aromatic heterocycles. The number of aliphatic imine (C=N–C) groups is 1. The minimum atomic E-state index is -0.151. The Morgan fingerprint density at radius 2 is 1.06 bits per heavy atom. The Kier molecular flexibility index (Phi) is 9.25. The zero-order chi connectivity index (χ0) is 23.6. The molecule has 0 atom stereocenters. The molecule has 0 saturated heterocycles. The molecule has 0 unspecified atom stereocenters. The zero-order valence-electron chi connectivity index (χ0n) is 18.5. The molecular formula is C28H20CuN4O2. The fraction of sp³-hybridized carbons (Fsp3) is 0. The summed E-state index contributed by atoms with van der Waals surface area (Å²) < 4.78 is 0. The number of nitrogens with zero attached hydrogens (tertiary/aromatic N) is 4. The average Bonchev–Trinajstić information content (AvgIpc) is 2.91. The van der Waals surface area contributed by atoms with Crippen LogP contribution in [0.5, 0.6) is 11.5 Å². The van der Waals surface area contributed by atoms with Crippen LogP contribution in [0.1, 0.15) is 5.56 Å². The molecular weight excluding hydrogens is 488 g/mol. The largest absolute Gasteiger partial charge is 2.00 e. The van der Waals surface area contributed by atoms with Crippen LogP contribution >= 0.6 is 0 Å². The summed E-state index contributed by atoms with van der Waals surface area (Å²) in [5.41, 5.74) is 4.28. The summed E-state index contributed by atoms with van der Waals surface area (Å²) >= 11 is 0. The van der Waals surface area contributed by atoms with Gasteiger partial charge in [-0.25, -0.2) is 4.98 Å². The molecule has 2 aromatic carbocycles. The fourth-order valence-corrected chi connectivity index (χ4v) is 3.04. The smallest absolute Gasteiger partial charge is 0.872 e. The number of para-hydroxylation sites is 3. The van der Waals surface area contributed by atoms with Crippen molar-refractivity contribution in [1.29, 1.82) is 0 Å². The molecule has 3 heterocycles.